The van der Waals surface area contributed by atoms with E-state index < -0.39 is 17.4 Å². The SMILES string of the molecule is CCCC[P+](CCCC)(CCCC)CCCC.Cc1ccccc1S(=O)(=O)[O-]. The summed E-state index contributed by atoms with van der Waals surface area (Å²) in [4.78, 5) is -0.139. The van der Waals surface area contributed by atoms with Crippen LogP contribution in [0.4, 0.5) is 0 Å². The van der Waals surface area contributed by atoms with Crippen LogP contribution in [0.5, 0.6) is 0 Å². The van der Waals surface area contributed by atoms with E-state index in [2.05, 4.69) is 27.7 Å². The highest BCUT2D eigenvalue weighted by Crippen LogP contribution is 2.61. The van der Waals surface area contributed by atoms with Gasteiger partial charge in [-0.1, -0.05) is 71.6 Å². The first-order valence-corrected chi connectivity index (χ1v) is 15.1. The Balaban J connectivity index is 0.000000567. The summed E-state index contributed by atoms with van der Waals surface area (Å²) in [5, 5.41) is 0. The number of hydrogen-bond acceptors (Lipinski definition) is 3. The number of unbranched alkanes of at least 4 members (excludes halogenated alkanes) is 4. The number of hydrogen-bond donors (Lipinski definition) is 0. The molecule has 0 fully saturated rings. The third kappa shape index (κ3) is 11.5. The van der Waals surface area contributed by atoms with Crippen molar-refractivity contribution in [3.05, 3.63) is 29.8 Å². The number of benzene rings is 1. The minimum absolute atomic E-state index is 0.139. The van der Waals surface area contributed by atoms with Crippen molar-refractivity contribution >= 4 is 17.4 Å². The van der Waals surface area contributed by atoms with Crippen molar-refractivity contribution in [2.75, 3.05) is 24.6 Å². The fourth-order valence-electron chi connectivity index (χ4n) is 3.48. The Kier molecular flexibility index (Phi) is 15.2. The fourth-order valence-corrected chi connectivity index (χ4v) is 9.48. The van der Waals surface area contributed by atoms with E-state index in [1.807, 2.05) is 0 Å². The van der Waals surface area contributed by atoms with E-state index in [0.29, 0.717) is 5.56 Å². The van der Waals surface area contributed by atoms with Gasteiger partial charge in [-0.25, -0.2) is 8.42 Å². The Labute approximate surface area is 175 Å². The molecule has 0 spiro atoms. The number of rotatable bonds is 13. The Morgan fingerprint density at radius 3 is 1.36 bits per heavy atom. The molecule has 0 radical (unpaired) electrons. The van der Waals surface area contributed by atoms with Crippen LogP contribution in [-0.2, 0) is 10.1 Å². The largest absolute Gasteiger partial charge is 0.744 e. The lowest BCUT2D eigenvalue weighted by atomic mass is 10.2. The van der Waals surface area contributed by atoms with Gasteiger partial charge in [0.2, 0.25) is 0 Å². The van der Waals surface area contributed by atoms with E-state index in [1.165, 1.54) is 63.5 Å². The molecule has 1 rings (SSSR count). The van der Waals surface area contributed by atoms with Gasteiger partial charge in [-0.2, -0.15) is 0 Å². The van der Waals surface area contributed by atoms with Crippen LogP contribution in [0.15, 0.2) is 29.2 Å². The van der Waals surface area contributed by atoms with E-state index in [0.717, 1.165) is 0 Å². The molecule has 0 saturated heterocycles. The normalized spacial score (nSPS) is 11.8. The molecule has 28 heavy (non-hydrogen) atoms. The molecule has 0 N–H and O–H groups in total. The van der Waals surface area contributed by atoms with Gasteiger partial charge in [0.25, 0.3) is 0 Å². The van der Waals surface area contributed by atoms with Crippen LogP contribution in [0.3, 0.4) is 0 Å². The second-order valence-electron chi connectivity index (χ2n) is 7.87. The molecular formula is C23H43O3PS. The molecule has 0 heterocycles. The van der Waals surface area contributed by atoms with Gasteiger partial charge in [0.15, 0.2) is 0 Å². The first-order chi connectivity index (χ1) is 13.3. The van der Waals surface area contributed by atoms with Crippen molar-refractivity contribution < 1.29 is 13.0 Å². The zero-order valence-corrected chi connectivity index (χ0v) is 20.6. The highest BCUT2D eigenvalue weighted by atomic mass is 32.2. The van der Waals surface area contributed by atoms with Crippen LogP contribution >= 0.6 is 7.26 Å². The monoisotopic (exact) mass is 430 g/mol. The van der Waals surface area contributed by atoms with Crippen molar-refractivity contribution in [2.45, 2.75) is 90.9 Å². The molecule has 3 nitrogen and oxygen atoms in total. The number of aryl methyl sites for hydroxylation is 1. The second-order valence-corrected chi connectivity index (χ2v) is 13.7. The minimum atomic E-state index is -4.28. The van der Waals surface area contributed by atoms with E-state index in [1.54, 1.807) is 43.7 Å². The molecule has 0 bridgehead atoms. The van der Waals surface area contributed by atoms with Gasteiger partial charge >= 0.3 is 0 Å². The van der Waals surface area contributed by atoms with Gasteiger partial charge in [0.05, 0.1) is 29.5 Å². The molecule has 0 saturated carbocycles. The molecule has 5 heteroatoms. The van der Waals surface area contributed by atoms with Gasteiger partial charge in [0.1, 0.15) is 10.1 Å². The average molecular weight is 431 g/mol. The molecule has 0 amide bonds. The van der Waals surface area contributed by atoms with Gasteiger partial charge in [0, 0.05) is 7.26 Å². The van der Waals surface area contributed by atoms with Crippen molar-refractivity contribution in [1.82, 2.24) is 0 Å². The van der Waals surface area contributed by atoms with Gasteiger partial charge < -0.3 is 4.55 Å². The summed E-state index contributed by atoms with van der Waals surface area (Å²) in [5.74, 6) is 0. The highest BCUT2D eigenvalue weighted by Gasteiger charge is 2.34. The summed E-state index contributed by atoms with van der Waals surface area (Å²) in [6.45, 7) is 11.0. The quantitative estimate of drug-likeness (QED) is 0.248. The van der Waals surface area contributed by atoms with E-state index >= 15 is 0 Å². The van der Waals surface area contributed by atoms with Gasteiger partial charge in [-0.15, -0.1) is 0 Å². The minimum Gasteiger partial charge on any atom is -0.744 e. The maximum Gasteiger partial charge on any atom is 0.124 e. The Morgan fingerprint density at radius 2 is 1.11 bits per heavy atom. The fraction of sp³-hybridized carbons (Fsp3) is 0.739. The third-order valence-corrected chi connectivity index (χ3v) is 11.4. The molecule has 0 atom stereocenters. The summed E-state index contributed by atoms with van der Waals surface area (Å²) in [6.07, 6.45) is 17.9. The Bertz CT molecular complexity index is 577. The van der Waals surface area contributed by atoms with Crippen molar-refractivity contribution in [3.8, 4) is 0 Å². The maximum absolute atomic E-state index is 10.5. The lowest BCUT2D eigenvalue weighted by Gasteiger charge is -2.28. The average Bonchev–Trinajstić information content (AvgIpc) is 2.67. The summed E-state index contributed by atoms with van der Waals surface area (Å²) in [5.41, 5.74) is 0.488. The molecule has 1 aromatic carbocycles. The summed E-state index contributed by atoms with van der Waals surface area (Å²) in [6, 6.07) is 6.10. The first kappa shape index (κ1) is 27.6. The summed E-state index contributed by atoms with van der Waals surface area (Å²) >= 11 is 0. The van der Waals surface area contributed by atoms with E-state index in [9.17, 15) is 13.0 Å². The predicted octanol–water partition coefficient (Wildman–Crippen LogP) is 7.10. The van der Waals surface area contributed by atoms with Crippen LogP contribution in [0, 0.1) is 6.92 Å². The van der Waals surface area contributed by atoms with Gasteiger partial charge in [-0.3, -0.25) is 0 Å². The molecule has 0 aliphatic rings. The molecule has 0 aliphatic heterocycles. The zero-order valence-electron chi connectivity index (χ0n) is 18.9. The first-order valence-electron chi connectivity index (χ1n) is 11.1. The van der Waals surface area contributed by atoms with Crippen LogP contribution in [-0.4, -0.2) is 37.6 Å². The highest BCUT2D eigenvalue weighted by molar-refractivity contribution is 7.85. The summed E-state index contributed by atoms with van der Waals surface area (Å²) < 4.78 is 31.5. The second kappa shape index (κ2) is 15.4. The standard InChI is InChI=1S/C16H36P.C7H8O3S/c1-5-9-13-17(14-10-6-2,15-11-7-3)16-12-8-4;1-6-4-2-3-5-7(6)11(8,9)10/h5-16H2,1-4H3;2-5H,1H3,(H,8,9,10)/q+1;/p-1. The van der Waals surface area contributed by atoms with E-state index in [-0.39, 0.29) is 4.90 Å². The van der Waals surface area contributed by atoms with Crippen molar-refractivity contribution in [3.63, 3.8) is 0 Å². The van der Waals surface area contributed by atoms with E-state index in [4.69, 9.17) is 0 Å². The molecular weight excluding hydrogens is 387 g/mol. The lowest BCUT2D eigenvalue weighted by Crippen LogP contribution is -2.12. The van der Waals surface area contributed by atoms with Crippen LogP contribution in [0.25, 0.3) is 0 Å². The van der Waals surface area contributed by atoms with Crippen molar-refractivity contribution in [1.29, 1.82) is 0 Å². The van der Waals surface area contributed by atoms with Crippen molar-refractivity contribution in [2.24, 2.45) is 0 Å². The molecule has 0 aromatic heterocycles. The van der Waals surface area contributed by atoms with Crippen LogP contribution < -0.4 is 0 Å². The molecule has 0 aliphatic carbocycles. The maximum atomic E-state index is 10.5. The summed E-state index contributed by atoms with van der Waals surface area (Å²) in [7, 11) is -4.85. The third-order valence-electron chi connectivity index (χ3n) is 5.31. The van der Waals surface area contributed by atoms with Gasteiger partial charge in [-0.05, 0) is 44.2 Å². The Morgan fingerprint density at radius 1 is 0.750 bits per heavy atom. The zero-order chi connectivity index (χ0) is 21.5. The van der Waals surface area contributed by atoms with Crippen LogP contribution in [0.2, 0.25) is 0 Å². The van der Waals surface area contributed by atoms with Crippen LogP contribution in [0.1, 0.15) is 84.6 Å². The predicted molar refractivity (Wildman–Crippen MR) is 125 cm³/mol. The Hall–Kier alpha value is -0.440. The lowest BCUT2D eigenvalue weighted by molar-refractivity contribution is 0.462. The molecule has 1 aromatic rings. The smallest absolute Gasteiger partial charge is 0.124 e. The molecule has 0 unspecified atom stereocenters. The topological polar surface area (TPSA) is 57.2 Å². The molecule has 164 valence electrons.